The van der Waals surface area contributed by atoms with Crippen molar-refractivity contribution in [2.24, 2.45) is 0 Å². The number of nitrogens with one attached hydrogen (secondary N) is 1. The standard InChI is InChI=1S/C9H9ClN2O4S/c1-12-7-4-6(11-17(10,14)15)2-3-8(7)16-5-9(12)13/h2-4,11H,5H2,1H3. The van der Waals surface area contributed by atoms with E-state index in [9.17, 15) is 13.2 Å². The second-order valence-corrected chi connectivity index (χ2v) is 5.76. The Morgan fingerprint density at radius 1 is 1.47 bits per heavy atom. The lowest BCUT2D eigenvalue weighted by Crippen LogP contribution is -2.35. The number of carbonyl (C=O) groups excluding carboxylic acids is 1. The molecule has 0 spiro atoms. The second-order valence-electron chi connectivity index (χ2n) is 3.46. The molecule has 8 heteroatoms. The van der Waals surface area contributed by atoms with Crippen LogP contribution in [-0.4, -0.2) is 28.0 Å². The molecule has 0 saturated heterocycles. The average molecular weight is 277 g/mol. The molecule has 0 radical (unpaired) electrons. The van der Waals surface area contributed by atoms with Gasteiger partial charge in [0.1, 0.15) is 5.75 Å². The topological polar surface area (TPSA) is 75.7 Å². The van der Waals surface area contributed by atoms with Crippen LogP contribution in [0.4, 0.5) is 11.4 Å². The summed E-state index contributed by atoms with van der Waals surface area (Å²) in [6.07, 6.45) is 0. The Bertz CT molecular complexity index is 572. The van der Waals surface area contributed by atoms with Crippen LogP contribution in [0, 0.1) is 0 Å². The van der Waals surface area contributed by atoms with Crippen LogP contribution in [-0.2, 0) is 14.0 Å². The quantitative estimate of drug-likeness (QED) is 0.816. The predicted octanol–water partition coefficient (Wildman–Crippen LogP) is 0.937. The van der Waals surface area contributed by atoms with E-state index < -0.39 is 9.24 Å². The van der Waals surface area contributed by atoms with Crippen molar-refractivity contribution >= 4 is 37.2 Å². The highest BCUT2D eigenvalue weighted by Gasteiger charge is 2.22. The first-order valence-corrected chi connectivity index (χ1v) is 6.93. The minimum atomic E-state index is -3.86. The average Bonchev–Trinajstić information content (AvgIpc) is 2.22. The Balaban J connectivity index is 2.39. The van der Waals surface area contributed by atoms with Gasteiger partial charge in [0.2, 0.25) is 0 Å². The van der Waals surface area contributed by atoms with Gasteiger partial charge in [0.25, 0.3) is 5.91 Å². The van der Waals surface area contributed by atoms with E-state index in [1.54, 1.807) is 13.1 Å². The molecule has 1 amide bonds. The lowest BCUT2D eigenvalue weighted by Gasteiger charge is -2.26. The Labute approximate surface area is 103 Å². The lowest BCUT2D eigenvalue weighted by molar-refractivity contribution is -0.120. The van der Waals surface area contributed by atoms with Crippen LogP contribution < -0.4 is 14.4 Å². The summed E-state index contributed by atoms with van der Waals surface area (Å²) >= 11 is 0. The van der Waals surface area contributed by atoms with E-state index in [0.29, 0.717) is 11.4 Å². The van der Waals surface area contributed by atoms with E-state index in [-0.39, 0.29) is 18.2 Å². The molecule has 92 valence electrons. The molecule has 0 saturated carbocycles. The van der Waals surface area contributed by atoms with Crippen molar-refractivity contribution in [3.8, 4) is 5.75 Å². The van der Waals surface area contributed by atoms with Gasteiger partial charge in [-0.1, -0.05) is 0 Å². The van der Waals surface area contributed by atoms with Gasteiger partial charge in [-0.15, -0.1) is 0 Å². The van der Waals surface area contributed by atoms with Gasteiger partial charge in [-0.3, -0.25) is 9.52 Å². The Morgan fingerprint density at radius 2 is 2.18 bits per heavy atom. The van der Waals surface area contributed by atoms with Gasteiger partial charge in [0.15, 0.2) is 6.61 Å². The number of anilines is 2. The van der Waals surface area contributed by atoms with E-state index in [1.165, 1.54) is 17.0 Å². The fraction of sp³-hybridized carbons (Fsp3) is 0.222. The number of likely N-dealkylation sites (N-methyl/N-ethyl adjacent to an activating group) is 1. The zero-order chi connectivity index (χ0) is 12.6. The molecule has 17 heavy (non-hydrogen) atoms. The highest BCUT2D eigenvalue weighted by molar-refractivity contribution is 8.14. The minimum absolute atomic E-state index is 0.0237. The van der Waals surface area contributed by atoms with Gasteiger partial charge < -0.3 is 9.64 Å². The predicted molar refractivity (Wildman–Crippen MR) is 63.7 cm³/mol. The zero-order valence-corrected chi connectivity index (χ0v) is 10.4. The molecule has 0 aromatic heterocycles. The third-order valence-electron chi connectivity index (χ3n) is 2.29. The molecule has 1 aliphatic rings. The van der Waals surface area contributed by atoms with Gasteiger partial charge in [-0.2, -0.15) is 8.42 Å². The number of carbonyl (C=O) groups is 1. The summed E-state index contributed by atoms with van der Waals surface area (Å²) in [5, 5.41) is 0. The number of hydrogen-bond donors (Lipinski definition) is 1. The summed E-state index contributed by atoms with van der Waals surface area (Å²) in [4.78, 5) is 12.8. The van der Waals surface area contributed by atoms with Gasteiger partial charge in [-0.05, 0) is 18.2 Å². The van der Waals surface area contributed by atoms with Crippen LogP contribution in [0.25, 0.3) is 0 Å². The summed E-state index contributed by atoms with van der Waals surface area (Å²) in [6.45, 7) is -0.0237. The zero-order valence-electron chi connectivity index (χ0n) is 8.81. The summed E-state index contributed by atoms with van der Waals surface area (Å²) < 4.78 is 29.0. The normalized spacial score (nSPS) is 15.2. The Kier molecular flexibility index (Phi) is 2.88. The first kappa shape index (κ1) is 12.0. The molecule has 2 rings (SSSR count). The number of rotatable bonds is 2. The van der Waals surface area contributed by atoms with E-state index in [4.69, 9.17) is 15.4 Å². The maximum absolute atomic E-state index is 11.4. The first-order chi connectivity index (χ1) is 7.87. The molecule has 1 aromatic rings. The summed E-state index contributed by atoms with van der Waals surface area (Å²) in [7, 11) is 2.79. The second kappa shape index (κ2) is 4.08. The molecular formula is C9H9ClN2O4S. The van der Waals surface area contributed by atoms with Gasteiger partial charge in [0, 0.05) is 17.7 Å². The van der Waals surface area contributed by atoms with E-state index in [2.05, 4.69) is 4.72 Å². The van der Waals surface area contributed by atoms with Crippen molar-refractivity contribution in [3.63, 3.8) is 0 Å². The number of benzene rings is 1. The Morgan fingerprint density at radius 3 is 2.82 bits per heavy atom. The maximum atomic E-state index is 11.4. The molecule has 0 aliphatic carbocycles. The molecular weight excluding hydrogens is 268 g/mol. The number of nitrogens with zero attached hydrogens (tertiary/aromatic N) is 1. The number of ether oxygens (including phenoxy) is 1. The molecule has 1 aliphatic heterocycles. The van der Waals surface area contributed by atoms with Crippen molar-refractivity contribution < 1.29 is 17.9 Å². The minimum Gasteiger partial charge on any atom is -0.482 e. The fourth-order valence-corrected chi connectivity index (χ4v) is 2.15. The fourth-order valence-electron chi connectivity index (χ4n) is 1.48. The van der Waals surface area contributed by atoms with Crippen LogP contribution in [0.3, 0.4) is 0 Å². The molecule has 0 atom stereocenters. The summed E-state index contributed by atoms with van der Waals surface area (Å²) in [5.74, 6) is 0.313. The van der Waals surface area contributed by atoms with Gasteiger partial charge in [-0.25, -0.2) is 0 Å². The number of halogens is 1. The number of fused-ring (bicyclic) bond motifs is 1. The Hall–Kier alpha value is -1.47. The molecule has 1 heterocycles. The SMILES string of the molecule is CN1C(=O)COc2ccc(NS(=O)(=O)Cl)cc21. The lowest BCUT2D eigenvalue weighted by atomic mass is 10.2. The van der Waals surface area contributed by atoms with Crippen LogP contribution in [0.2, 0.25) is 0 Å². The monoisotopic (exact) mass is 276 g/mol. The van der Waals surface area contributed by atoms with E-state index in [0.717, 1.165) is 0 Å². The molecule has 1 N–H and O–H groups in total. The number of hydrogen-bond acceptors (Lipinski definition) is 4. The highest BCUT2D eigenvalue weighted by atomic mass is 35.7. The first-order valence-electron chi connectivity index (χ1n) is 4.62. The van der Waals surface area contributed by atoms with E-state index in [1.807, 2.05) is 0 Å². The highest BCUT2D eigenvalue weighted by Crippen LogP contribution is 2.33. The van der Waals surface area contributed by atoms with Gasteiger partial charge >= 0.3 is 9.24 Å². The van der Waals surface area contributed by atoms with Crippen LogP contribution in [0.5, 0.6) is 5.75 Å². The van der Waals surface area contributed by atoms with Crippen molar-refractivity contribution in [2.45, 2.75) is 0 Å². The van der Waals surface area contributed by atoms with Gasteiger partial charge in [0.05, 0.1) is 11.4 Å². The van der Waals surface area contributed by atoms with Crippen LogP contribution in [0.1, 0.15) is 0 Å². The number of amides is 1. The van der Waals surface area contributed by atoms with Crippen LogP contribution in [0.15, 0.2) is 18.2 Å². The smallest absolute Gasteiger partial charge is 0.319 e. The molecule has 6 nitrogen and oxygen atoms in total. The molecule has 0 unspecified atom stereocenters. The largest absolute Gasteiger partial charge is 0.482 e. The maximum Gasteiger partial charge on any atom is 0.319 e. The van der Waals surface area contributed by atoms with E-state index >= 15 is 0 Å². The molecule has 1 aromatic carbocycles. The van der Waals surface area contributed by atoms with Crippen molar-refractivity contribution in [1.82, 2.24) is 0 Å². The summed E-state index contributed by atoms with van der Waals surface area (Å²) in [6, 6.07) is 4.55. The van der Waals surface area contributed by atoms with Crippen molar-refractivity contribution in [1.29, 1.82) is 0 Å². The summed E-state index contributed by atoms with van der Waals surface area (Å²) in [5.41, 5.74) is 0.760. The third-order valence-corrected chi connectivity index (χ3v) is 3.00. The van der Waals surface area contributed by atoms with Crippen LogP contribution >= 0.6 is 10.7 Å². The van der Waals surface area contributed by atoms with Crippen molar-refractivity contribution in [3.05, 3.63) is 18.2 Å². The third kappa shape index (κ3) is 2.62. The molecule has 0 fully saturated rings. The van der Waals surface area contributed by atoms with Crippen molar-refractivity contribution in [2.75, 3.05) is 23.3 Å². The molecule has 0 bridgehead atoms.